The van der Waals surface area contributed by atoms with Crippen LogP contribution in [0.3, 0.4) is 0 Å². The Labute approximate surface area is 144 Å². The number of amides is 1. The molecule has 2 aliphatic rings. The maximum atomic E-state index is 12.2. The van der Waals surface area contributed by atoms with Crippen molar-refractivity contribution in [2.24, 2.45) is 0 Å². The van der Waals surface area contributed by atoms with Gasteiger partial charge in [-0.3, -0.25) is 9.48 Å². The van der Waals surface area contributed by atoms with Gasteiger partial charge in [-0.15, -0.1) is 0 Å². The van der Waals surface area contributed by atoms with Crippen molar-refractivity contribution in [3.63, 3.8) is 0 Å². The molecule has 2 saturated carbocycles. The van der Waals surface area contributed by atoms with Crippen molar-refractivity contribution in [1.29, 1.82) is 0 Å². The first-order chi connectivity index (χ1) is 11.2. The number of benzene rings is 1. The number of nitrogens with one attached hydrogen (secondary N) is 1. The number of carbonyl (C=O) groups excluding carboxylic acids is 1. The van der Waals surface area contributed by atoms with Crippen LogP contribution in [0.4, 0.5) is 0 Å². The second-order valence-corrected chi connectivity index (χ2v) is 7.45. The van der Waals surface area contributed by atoms with E-state index in [-0.39, 0.29) is 5.91 Å². The van der Waals surface area contributed by atoms with Crippen molar-refractivity contribution >= 4 is 21.8 Å². The maximum absolute atomic E-state index is 12.2. The van der Waals surface area contributed by atoms with Crippen LogP contribution in [0.5, 0.6) is 0 Å². The molecule has 5 heteroatoms. The van der Waals surface area contributed by atoms with Crippen molar-refractivity contribution in [2.75, 3.05) is 6.54 Å². The standard InChI is InChI=1S/C18H20BrN3O/c19-15-3-1-2-14(10-15)18(23)20-8-9-22-17(13-6-7-13)11-16(21-22)12-4-5-12/h1-3,10-13H,4-9H2,(H,20,23). The van der Waals surface area contributed by atoms with E-state index in [1.165, 1.54) is 37.1 Å². The molecule has 4 rings (SSSR count). The third kappa shape index (κ3) is 3.50. The van der Waals surface area contributed by atoms with E-state index in [2.05, 4.69) is 32.0 Å². The quantitative estimate of drug-likeness (QED) is 0.836. The van der Waals surface area contributed by atoms with Gasteiger partial charge in [-0.1, -0.05) is 22.0 Å². The summed E-state index contributed by atoms with van der Waals surface area (Å²) in [4.78, 5) is 12.2. The minimum atomic E-state index is -0.0335. The van der Waals surface area contributed by atoms with Gasteiger partial charge in [0.05, 0.1) is 12.2 Å². The van der Waals surface area contributed by atoms with E-state index < -0.39 is 0 Å². The van der Waals surface area contributed by atoms with Gasteiger partial charge >= 0.3 is 0 Å². The molecule has 4 nitrogen and oxygen atoms in total. The lowest BCUT2D eigenvalue weighted by molar-refractivity contribution is 0.0951. The fourth-order valence-corrected chi connectivity index (χ4v) is 3.32. The highest BCUT2D eigenvalue weighted by Crippen LogP contribution is 2.44. The summed E-state index contributed by atoms with van der Waals surface area (Å²) in [5.74, 6) is 1.34. The van der Waals surface area contributed by atoms with Gasteiger partial charge in [-0.25, -0.2) is 0 Å². The van der Waals surface area contributed by atoms with Crippen LogP contribution < -0.4 is 5.32 Å². The Balaban J connectivity index is 1.38. The fraction of sp³-hybridized carbons (Fsp3) is 0.444. The second-order valence-electron chi connectivity index (χ2n) is 6.53. The molecule has 0 atom stereocenters. The van der Waals surface area contributed by atoms with Crippen LogP contribution >= 0.6 is 15.9 Å². The van der Waals surface area contributed by atoms with E-state index in [9.17, 15) is 4.79 Å². The molecule has 1 aromatic heterocycles. The van der Waals surface area contributed by atoms with Crippen LogP contribution in [-0.2, 0) is 6.54 Å². The second kappa shape index (κ2) is 6.11. The lowest BCUT2D eigenvalue weighted by atomic mass is 10.2. The molecule has 0 radical (unpaired) electrons. The summed E-state index contributed by atoms with van der Waals surface area (Å²) < 4.78 is 3.04. The summed E-state index contributed by atoms with van der Waals surface area (Å²) in [6.45, 7) is 1.36. The summed E-state index contributed by atoms with van der Waals surface area (Å²) in [7, 11) is 0. The van der Waals surface area contributed by atoms with Crippen molar-refractivity contribution in [2.45, 2.75) is 44.1 Å². The molecule has 1 heterocycles. The Morgan fingerprint density at radius 1 is 1.22 bits per heavy atom. The highest BCUT2D eigenvalue weighted by molar-refractivity contribution is 9.10. The molecule has 0 bridgehead atoms. The average Bonchev–Trinajstić information content (AvgIpc) is 3.46. The monoisotopic (exact) mass is 373 g/mol. The van der Waals surface area contributed by atoms with E-state index in [0.29, 0.717) is 23.9 Å². The summed E-state index contributed by atoms with van der Waals surface area (Å²) in [5, 5.41) is 7.77. The summed E-state index contributed by atoms with van der Waals surface area (Å²) in [6.07, 6.45) is 5.11. The van der Waals surface area contributed by atoms with Crippen LogP contribution in [0.1, 0.15) is 59.3 Å². The molecule has 0 spiro atoms. The van der Waals surface area contributed by atoms with Gasteiger partial charge in [0.2, 0.25) is 0 Å². The minimum Gasteiger partial charge on any atom is -0.350 e. The first-order valence-electron chi connectivity index (χ1n) is 8.32. The van der Waals surface area contributed by atoms with E-state index in [1.807, 2.05) is 24.3 Å². The number of rotatable bonds is 6. The van der Waals surface area contributed by atoms with Gasteiger partial charge < -0.3 is 5.32 Å². The number of hydrogen-bond donors (Lipinski definition) is 1. The molecule has 1 aromatic carbocycles. The normalized spacial score (nSPS) is 17.3. The number of aromatic nitrogens is 2. The van der Waals surface area contributed by atoms with Gasteiger partial charge in [-0.2, -0.15) is 5.10 Å². The molecule has 2 aliphatic carbocycles. The van der Waals surface area contributed by atoms with Crippen LogP contribution in [0.25, 0.3) is 0 Å². The van der Waals surface area contributed by atoms with Crippen molar-refractivity contribution < 1.29 is 4.79 Å². The third-order valence-electron chi connectivity index (χ3n) is 4.52. The lowest BCUT2D eigenvalue weighted by Crippen LogP contribution is -2.28. The van der Waals surface area contributed by atoms with Crippen LogP contribution in [0, 0.1) is 0 Å². The predicted molar refractivity (Wildman–Crippen MR) is 92.7 cm³/mol. The zero-order chi connectivity index (χ0) is 15.8. The minimum absolute atomic E-state index is 0.0335. The van der Waals surface area contributed by atoms with E-state index in [0.717, 1.165) is 11.0 Å². The highest BCUT2D eigenvalue weighted by atomic mass is 79.9. The Morgan fingerprint density at radius 2 is 2.00 bits per heavy atom. The van der Waals surface area contributed by atoms with Crippen molar-refractivity contribution in [3.8, 4) is 0 Å². The zero-order valence-electron chi connectivity index (χ0n) is 13.0. The summed E-state index contributed by atoms with van der Waals surface area (Å²) >= 11 is 3.40. The van der Waals surface area contributed by atoms with Gasteiger partial charge in [0.25, 0.3) is 5.91 Å². The molecule has 1 amide bonds. The average molecular weight is 374 g/mol. The lowest BCUT2D eigenvalue weighted by Gasteiger charge is -2.08. The molecular weight excluding hydrogens is 354 g/mol. The first kappa shape index (κ1) is 14.9. The van der Waals surface area contributed by atoms with E-state index in [4.69, 9.17) is 5.10 Å². The number of hydrogen-bond acceptors (Lipinski definition) is 2. The number of carbonyl (C=O) groups is 1. The molecule has 0 aliphatic heterocycles. The van der Waals surface area contributed by atoms with Crippen molar-refractivity contribution in [1.82, 2.24) is 15.1 Å². The van der Waals surface area contributed by atoms with Gasteiger partial charge in [0.15, 0.2) is 0 Å². The largest absolute Gasteiger partial charge is 0.350 e. The van der Waals surface area contributed by atoms with Gasteiger partial charge in [0.1, 0.15) is 0 Å². The maximum Gasteiger partial charge on any atom is 0.251 e. The fourth-order valence-electron chi connectivity index (χ4n) is 2.92. The number of halogens is 1. The van der Waals surface area contributed by atoms with Gasteiger partial charge in [-0.05, 0) is 49.9 Å². The Hall–Kier alpha value is -1.62. The van der Waals surface area contributed by atoms with Gasteiger partial charge in [0, 0.05) is 34.1 Å². The molecule has 23 heavy (non-hydrogen) atoms. The first-order valence-corrected chi connectivity index (χ1v) is 9.11. The molecule has 2 fully saturated rings. The number of nitrogens with zero attached hydrogens (tertiary/aromatic N) is 2. The molecule has 0 saturated heterocycles. The Kier molecular flexibility index (Phi) is 3.97. The summed E-state index contributed by atoms with van der Waals surface area (Å²) in [5.41, 5.74) is 3.30. The summed E-state index contributed by atoms with van der Waals surface area (Å²) in [6, 6.07) is 9.76. The highest BCUT2D eigenvalue weighted by Gasteiger charge is 2.32. The molecule has 0 unspecified atom stereocenters. The van der Waals surface area contributed by atoms with E-state index in [1.54, 1.807) is 0 Å². The molecule has 2 aromatic rings. The van der Waals surface area contributed by atoms with Crippen molar-refractivity contribution in [3.05, 3.63) is 51.8 Å². The topological polar surface area (TPSA) is 46.9 Å². The predicted octanol–water partition coefficient (Wildman–Crippen LogP) is 3.83. The SMILES string of the molecule is O=C(NCCn1nc(C2CC2)cc1C1CC1)c1cccc(Br)c1. The molecule has 120 valence electrons. The molecular formula is C18H20BrN3O. The zero-order valence-corrected chi connectivity index (χ0v) is 14.6. The Bertz CT molecular complexity index is 732. The smallest absolute Gasteiger partial charge is 0.251 e. The third-order valence-corrected chi connectivity index (χ3v) is 5.01. The van der Waals surface area contributed by atoms with E-state index >= 15 is 0 Å². The van der Waals surface area contributed by atoms with Crippen LogP contribution in [0.15, 0.2) is 34.8 Å². The van der Waals surface area contributed by atoms with Crippen LogP contribution in [-0.4, -0.2) is 22.2 Å². The Morgan fingerprint density at radius 3 is 2.70 bits per heavy atom. The molecule has 1 N–H and O–H groups in total. The van der Waals surface area contributed by atoms with Crippen LogP contribution in [0.2, 0.25) is 0 Å².